The molecule has 0 radical (unpaired) electrons. The predicted molar refractivity (Wildman–Crippen MR) is 107 cm³/mol. The van der Waals surface area contributed by atoms with Crippen molar-refractivity contribution in [3.63, 3.8) is 0 Å². The molecule has 1 amide bonds. The van der Waals surface area contributed by atoms with Crippen LogP contribution < -0.4 is 4.74 Å². The molecule has 0 N–H and O–H groups in total. The zero-order valence-corrected chi connectivity index (χ0v) is 16.3. The zero-order valence-electron chi connectivity index (χ0n) is 14.7. The number of hydrogen-bond acceptors (Lipinski definition) is 4. The maximum absolute atomic E-state index is 12.1. The first-order valence-corrected chi connectivity index (χ1v) is 9.41. The highest BCUT2D eigenvalue weighted by atomic mass is 79.9. The monoisotopic (exact) mass is 426 g/mol. The lowest BCUT2D eigenvalue weighted by molar-refractivity contribution is -0.137. The van der Waals surface area contributed by atoms with Gasteiger partial charge in [-0.2, -0.15) is 5.26 Å². The van der Waals surface area contributed by atoms with Gasteiger partial charge in [-0.05, 0) is 41.5 Å². The summed E-state index contributed by atoms with van der Waals surface area (Å²) in [5, 5.41) is 9.43. The van der Waals surface area contributed by atoms with Gasteiger partial charge in [0, 0.05) is 17.6 Å². The van der Waals surface area contributed by atoms with E-state index in [4.69, 9.17) is 9.47 Å². The molecule has 1 heterocycles. The minimum atomic E-state index is -0.0377. The minimum absolute atomic E-state index is 0.0114. The Bertz CT molecular complexity index is 848. The minimum Gasteiger partial charge on any atom is -0.484 e. The average Bonchev–Trinajstić information content (AvgIpc) is 2.72. The highest BCUT2D eigenvalue weighted by molar-refractivity contribution is 9.10. The molecule has 2 aromatic carbocycles. The van der Waals surface area contributed by atoms with Gasteiger partial charge in [0.2, 0.25) is 0 Å². The fourth-order valence-corrected chi connectivity index (χ4v) is 2.95. The van der Waals surface area contributed by atoms with Crippen LogP contribution >= 0.6 is 15.9 Å². The van der Waals surface area contributed by atoms with Crippen molar-refractivity contribution in [2.75, 3.05) is 32.9 Å². The van der Waals surface area contributed by atoms with E-state index in [0.29, 0.717) is 37.6 Å². The SMILES string of the molecule is N#CC(=Cc1ccc(OCC(=O)N2CCOCC2)cc1)c1ccc(Br)cc1. The van der Waals surface area contributed by atoms with Crippen molar-refractivity contribution in [1.29, 1.82) is 5.26 Å². The molecule has 5 nitrogen and oxygen atoms in total. The van der Waals surface area contributed by atoms with Gasteiger partial charge in [-0.3, -0.25) is 4.79 Å². The Morgan fingerprint density at radius 3 is 2.44 bits per heavy atom. The molecule has 138 valence electrons. The summed E-state index contributed by atoms with van der Waals surface area (Å²) in [6.07, 6.45) is 1.83. The molecule has 0 aromatic heterocycles. The van der Waals surface area contributed by atoms with Gasteiger partial charge in [0.25, 0.3) is 5.91 Å². The van der Waals surface area contributed by atoms with Crippen molar-refractivity contribution in [3.8, 4) is 11.8 Å². The number of ether oxygens (including phenoxy) is 2. The number of benzene rings is 2. The van der Waals surface area contributed by atoms with Crippen molar-refractivity contribution in [3.05, 3.63) is 64.1 Å². The number of carbonyl (C=O) groups is 1. The largest absolute Gasteiger partial charge is 0.484 e. The molecule has 1 aliphatic heterocycles. The summed E-state index contributed by atoms with van der Waals surface area (Å²) < 4.78 is 11.8. The molecule has 0 unspecified atom stereocenters. The van der Waals surface area contributed by atoms with Crippen molar-refractivity contribution < 1.29 is 14.3 Å². The number of halogens is 1. The number of hydrogen-bond donors (Lipinski definition) is 0. The molecule has 1 fully saturated rings. The van der Waals surface area contributed by atoms with Gasteiger partial charge >= 0.3 is 0 Å². The van der Waals surface area contributed by atoms with Gasteiger partial charge < -0.3 is 14.4 Å². The molecule has 6 heteroatoms. The number of amides is 1. The zero-order chi connectivity index (χ0) is 19.1. The lowest BCUT2D eigenvalue weighted by Crippen LogP contribution is -2.42. The highest BCUT2D eigenvalue weighted by Crippen LogP contribution is 2.21. The molecular formula is C21H19BrN2O3. The Morgan fingerprint density at radius 1 is 1.15 bits per heavy atom. The number of nitriles is 1. The first-order chi connectivity index (χ1) is 13.2. The number of nitrogens with zero attached hydrogens (tertiary/aromatic N) is 2. The Labute approximate surface area is 166 Å². The molecule has 27 heavy (non-hydrogen) atoms. The number of allylic oxidation sites excluding steroid dienone is 1. The summed E-state index contributed by atoms with van der Waals surface area (Å²) in [5.41, 5.74) is 2.33. The van der Waals surface area contributed by atoms with E-state index >= 15 is 0 Å². The van der Waals surface area contributed by atoms with Crippen LogP contribution in [0.4, 0.5) is 0 Å². The number of carbonyl (C=O) groups excluding carboxylic acids is 1. The van der Waals surface area contributed by atoms with Gasteiger partial charge in [-0.1, -0.05) is 40.2 Å². The van der Waals surface area contributed by atoms with Crippen LogP contribution in [0, 0.1) is 11.3 Å². The Hall–Kier alpha value is -2.62. The lowest BCUT2D eigenvalue weighted by atomic mass is 10.0. The third-order valence-electron chi connectivity index (χ3n) is 4.19. The summed E-state index contributed by atoms with van der Waals surface area (Å²) in [7, 11) is 0. The fraction of sp³-hybridized carbons (Fsp3) is 0.238. The van der Waals surface area contributed by atoms with Crippen molar-refractivity contribution in [1.82, 2.24) is 4.90 Å². The van der Waals surface area contributed by atoms with Crippen LogP contribution in [-0.2, 0) is 9.53 Å². The fourth-order valence-electron chi connectivity index (χ4n) is 2.69. The van der Waals surface area contributed by atoms with E-state index in [1.165, 1.54) is 0 Å². The molecule has 0 spiro atoms. The molecule has 3 rings (SSSR count). The van der Waals surface area contributed by atoms with Crippen molar-refractivity contribution >= 4 is 33.5 Å². The van der Waals surface area contributed by atoms with Crippen LogP contribution in [-0.4, -0.2) is 43.7 Å². The Morgan fingerprint density at radius 2 is 1.81 bits per heavy atom. The normalized spacial score (nSPS) is 14.5. The van der Waals surface area contributed by atoms with Crippen molar-refractivity contribution in [2.45, 2.75) is 0 Å². The van der Waals surface area contributed by atoms with Gasteiger partial charge in [0.05, 0.1) is 24.9 Å². The third-order valence-corrected chi connectivity index (χ3v) is 4.72. The molecular weight excluding hydrogens is 408 g/mol. The predicted octanol–water partition coefficient (Wildman–Crippen LogP) is 3.75. The summed E-state index contributed by atoms with van der Waals surface area (Å²) in [6, 6.07) is 17.2. The molecule has 0 atom stereocenters. The van der Waals surface area contributed by atoms with Crippen LogP contribution in [0.2, 0.25) is 0 Å². The molecule has 1 aliphatic rings. The maximum atomic E-state index is 12.1. The molecule has 0 aliphatic carbocycles. The highest BCUT2D eigenvalue weighted by Gasteiger charge is 2.17. The van der Waals surface area contributed by atoms with E-state index in [0.717, 1.165) is 15.6 Å². The van der Waals surface area contributed by atoms with Gasteiger partial charge in [-0.15, -0.1) is 0 Å². The van der Waals surface area contributed by atoms with Gasteiger partial charge in [0.1, 0.15) is 5.75 Å². The quantitative estimate of drug-likeness (QED) is 0.539. The topological polar surface area (TPSA) is 62.6 Å². The van der Waals surface area contributed by atoms with E-state index in [1.54, 1.807) is 17.0 Å². The molecule has 0 saturated carbocycles. The van der Waals surface area contributed by atoms with Crippen LogP contribution in [0.5, 0.6) is 5.75 Å². The molecule has 1 saturated heterocycles. The smallest absolute Gasteiger partial charge is 0.260 e. The van der Waals surface area contributed by atoms with E-state index < -0.39 is 0 Å². The second kappa shape index (κ2) is 9.36. The Kier molecular flexibility index (Phi) is 6.64. The number of rotatable bonds is 5. The summed E-state index contributed by atoms with van der Waals surface area (Å²) in [6.45, 7) is 2.38. The van der Waals surface area contributed by atoms with Crippen LogP contribution in [0.25, 0.3) is 11.6 Å². The number of morpholine rings is 1. The van der Waals surface area contributed by atoms with Crippen LogP contribution in [0.1, 0.15) is 11.1 Å². The van der Waals surface area contributed by atoms with Crippen LogP contribution in [0.3, 0.4) is 0 Å². The maximum Gasteiger partial charge on any atom is 0.260 e. The average molecular weight is 427 g/mol. The first-order valence-electron chi connectivity index (χ1n) is 8.62. The van der Waals surface area contributed by atoms with Crippen molar-refractivity contribution in [2.24, 2.45) is 0 Å². The second-order valence-corrected chi connectivity index (χ2v) is 6.94. The summed E-state index contributed by atoms with van der Waals surface area (Å²) in [5.74, 6) is 0.584. The summed E-state index contributed by atoms with van der Waals surface area (Å²) in [4.78, 5) is 13.8. The first kappa shape index (κ1) is 19.2. The molecule has 0 bridgehead atoms. The van der Waals surface area contributed by atoms with E-state index in [1.807, 2.05) is 42.5 Å². The van der Waals surface area contributed by atoms with Gasteiger partial charge in [0.15, 0.2) is 6.61 Å². The lowest BCUT2D eigenvalue weighted by Gasteiger charge is -2.26. The molecule has 2 aromatic rings. The van der Waals surface area contributed by atoms with E-state index in [9.17, 15) is 10.1 Å². The van der Waals surface area contributed by atoms with Crippen LogP contribution in [0.15, 0.2) is 53.0 Å². The van der Waals surface area contributed by atoms with E-state index in [-0.39, 0.29) is 12.5 Å². The standard InChI is InChI=1S/C21H19BrN2O3/c22-19-5-3-17(4-6-19)18(14-23)13-16-1-7-20(8-2-16)27-15-21(25)24-9-11-26-12-10-24/h1-8,13H,9-12,15H2. The third kappa shape index (κ3) is 5.43. The van der Waals surface area contributed by atoms with E-state index in [2.05, 4.69) is 22.0 Å². The van der Waals surface area contributed by atoms with Gasteiger partial charge in [-0.25, -0.2) is 0 Å². The Balaban J connectivity index is 1.61. The second-order valence-electron chi connectivity index (χ2n) is 6.03. The summed E-state index contributed by atoms with van der Waals surface area (Å²) >= 11 is 3.39.